The summed E-state index contributed by atoms with van der Waals surface area (Å²) in [5, 5.41) is 1.07. The van der Waals surface area contributed by atoms with Crippen LogP contribution in [0.4, 0.5) is 4.39 Å². The first kappa shape index (κ1) is 13.2. The quantitative estimate of drug-likeness (QED) is 0.920. The third kappa shape index (κ3) is 2.94. The molecule has 2 nitrogen and oxygen atoms in total. The summed E-state index contributed by atoms with van der Waals surface area (Å²) in [5.74, 6) is 0.0974. The number of nitrogens with two attached hydrogens (primary N) is 1. The second kappa shape index (κ2) is 5.59. The molecule has 0 fully saturated rings. The first-order chi connectivity index (χ1) is 8.60. The Morgan fingerprint density at radius 1 is 1.44 bits per heavy atom. The van der Waals surface area contributed by atoms with Crippen LogP contribution in [0.5, 0.6) is 0 Å². The van der Waals surface area contributed by atoms with Gasteiger partial charge in [0, 0.05) is 23.8 Å². The van der Waals surface area contributed by atoms with Crippen molar-refractivity contribution in [3.63, 3.8) is 0 Å². The third-order valence-electron chi connectivity index (χ3n) is 2.94. The van der Waals surface area contributed by atoms with E-state index in [9.17, 15) is 4.39 Å². The number of hydrogen-bond donors (Lipinski definition) is 1. The second-order valence-corrected chi connectivity index (χ2v) is 5.62. The van der Waals surface area contributed by atoms with Crippen molar-refractivity contribution in [2.45, 2.75) is 26.2 Å². The number of benzene rings is 1. The van der Waals surface area contributed by atoms with E-state index in [1.165, 1.54) is 10.9 Å². The molecule has 4 heteroatoms. The lowest BCUT2D eigenvalue weighted by molar-refractivity contribution is 0.626. The molecule has 1 heterocycles. The number of halogens is 1. The number of aryl methyl sites for hydroxylation is 1. The van der Waals surface area contributed by atoms with Crippen molar-refractivity contribution in [1.29, 1.82) is 0 Å². The topological polar surface area (TPSA) is 38.9 Å². The molecule has 0 aliphatic carbocycles. The fourth-order valence-electron chi connectivity index (χ4n) is 1.76. The third-order valence-corrected chi connectivity index (χ3v) is 4.33. The average Bonchev–Trinajstić information content (AvgIpc) is 2.70. The average molecular weight is 264 g/mol. The molecular formula is C14H17FN2S. The Balaban J connectivity index is 2.21. The van der Waals surface area contributed by atoms with Crippen LogP contribution in [0.15, 0.2) is 24.3 Å². The maximum Gasteiger partial charge on any atom is 0.123 e. The van der Waals surface area contributed by atoms with Crippen molar-refractivity contribution in [1.82, 2.24) is 4.98 Å². The molecule has 1 unspecified atom stereocenters. The zero-order valence-electron chi connectivity index (χ0n) is 10.6. The second-order valence-electron chi connectivity index (χ2n) is 4.50. The van der Waals surface area contributed by atoms with Crippen LogP contribution in [0, 0.1) is 12.7 Å². The Kier molecular flexibility index (Phi) is 4.09. The fraction of sp³-hybridized carbons (Fsp3) is 0.357. The maximum atomic E-state index is 13.1. The number of hydrogen-bond acceptors (Lipinski definition) is 3. The van der Waals surface area contributed by atoms with Gasteiger partial charge in [-0.1, -0.05) is 19.1 Å². The van der Waals surface area contributed by atoms with Gasteiger partial charge < -0.3 is 5.73 Å². The van der Waals surface area contributed by atoms with Crippen molar-refractivity contribution >= 4 is 11.3 Å². The summed E-state index contributed by atoms with van der Waals surface area (Å²) >= 11 is 1.68. The highest BCUT2D eigenvalue weighted by Gasteiger charge is 2.12. The van der Waals surface area contributed by atoms with Crippen LogP contribution in [0.3, 0.4) is 0 Å². The molecule has 2 aromatic rings. The molecule has 1 aromatic heterocycles. The van der Waals surface area contributed by atoms with Crippen molar-refractivity contribution in [3.05, 3.63) is 51.2 Å². The predicted octanol–water partition coefficient (Wildman–Crippen LogP) is 3.24. The minimum absolute atomic E-state index is 0.190. The molecule has 0 aliphatic heterocycles. The van der Waals surface area contributed by atoms with Crippen LogP contribution in [0.1, 0.15) is 34.0 Å². The molecule has 0 aliphatic rings. The van der Waals surface area contributed by atoms with Crippen molar-refractivity contribution < 1.29 is 4.39 Å². The van der Waals surface area contributed by atoms with E-state index in [1.807, 2.05) is 13.0 Å². The molecule has 2 N–H and O–H groups in total. The lowest BCUT2D eigenvalue weighted by atomic mass is 10.1. The van der Waals surface area contributed by atoms with Gasteiger partial charge >= 0.3 is 0 Å². The smallest absolute Gasteiger partial charge is 0.123 e. The monoisotopic (exact) mass is 264 g/mol. The van der Waals surface area contributed by atoms with Crippen LogP contribution in [-0.2, 0) is 6.42 Å². The van der Waals surface area contributed by atoms with Gasteiger partial charge in [-0.25, -0.2) is 9.37 Å². The van der Waals surface area contributed by atoms with Gasteiger partial charge in [-0.3, -0.25) is 0 Å². The normalized spacial score (nSPS) is 12.7. The van der Waals surface area contributed by atoms with E-state index >= 15 is 0 Å². The molecular weight excluding hydrogens is 247 g/mol. The van der Waals surface area contributed by atoms with E-state index in [0.717, 1.165) is 22.7 Å². The van der Waals surface area contributed by atoms with E-state index in [4.69, 9.17) is 5.73 Å². The fourth-order valence-corrected chi connectivity index (χ4v) is 2.92. The Bertz CT molecular complexity index is 536. The Morgan fingerprint density at radius 3 is 2.89 bits per heavy atom. The first-order valence-electron chi connectivity index (χ1n) is 6.01. The van der Waals surface area contributed by atoms with Gasteiger partial charge in [0.25, 0.3) is 0 Å². The lowest BCUT2D eigenvalue weighted by Gasteiger charge is -2.02. The summed E-state index contributed by atoms with van der Waals surface area (Å²) in [5.41, 5.74) is 7.66. The molecule has 0 saturated carbocycles. The number of thiazole rings is 1. The van der Waals surface area contributed by atoms with Gasteiger partial charge in [0.2, 0.25) is 0 Å². The standard InChI is InChI=1S/C14H17FN2S/c1-9(8-16)14-17-10(2)13(18-14)7-11-4-3-5-12(15)6-11/h3-6,9H,7-8,16H2,1-2H3. The molecule has 1 atom stereocenters. The number of nitrogens with zero attached hydrogens (tertiary/aromatic N) is 1. The van der Waals surface area contributed by atoms with Crippen LogP contribution in [-0.4, -0.2) is 11.5 Å². The lowest BCUT2D eigenvalue weighted by Crippen LogP contribution is -2.08. The van der Waals surface area contributed by atoms with Crippen LogP contribution < -0.4 is 5.73 Å². The summed E-state index contributed by atoms with van der Waals surface area (Å²) in [7, 11) is 0. The zero-order valence-corrected chi connectivity index (χ0v) is 11.4. The summed E-state index contributed by atoms with van der Waals surface area (Å²) in [6.07, 6.45) is 0.735. The van der Waals surface area contributed by atoms with Gasteiger partial charge in [-0.15, -0.1) is 11.3 Å². The highest BCUT2D eigenvalue weighted by Crippen LogP contribution is 2.26. The summed E-state index contributed by atoms with van der Waals surface area (Å²) < 4.78 is 13.1. The van der Waals surface area contributed by atoms with Gasteiger partial charge in [-0.2, -0.15) is 0 Å². The van der Waals surface area contributed by atoms with Crippen LogP contribution >= 0.6 is 11.3 Å². The summed E-state index contributed by atoms with van der Waals surface area (Å²) in [6.45, 7) is 4.68. The molecule has 2 rings (SSSR count). The van der Waals surface area contributed by atoms with Gasteiger partial charge in [0.15, 0.2) is 0 Å². The molecule has 0 saturated heterocycles. The largest absolute Gasteiger partial charge is 0.330 e. The van der Waals surface area contributed by atoms with E-state index in [-0.39, 0.29) is 11.7 Å². The molecule has 0 bridgehead atoms. The molecule has 18 heavy (non-hydrogen) atoms. The van der Waals surface area contributed by atoms with Gasteiger partial charge in [0.1, 0.15) is 5.82 Å². The van der Waals surface area contributed by atoms with Gasteiger partial charge in [0.05, 0.1) is 10.7 Å². The Labute approximate surface area is 111 Å². The zero-order chi connectivity index (χ0) is 13.1. The molecule has 1 aromatic carbocycles. The first-order valence-corrected chi connectivity index (χ1v) is 6.82. The van der Waals surface area contributed by atoms with Crippen LogP contribution in [0.2, 0.25) is 0 Å². The highest BCUT2D eigenvalue weighted by atomic mass is 32.1. The van der Waals surface area contributed by atoms with E-state index < -0.39 is 0 Å². The Morgan fingerprint density at radius 2 is 2.22 bits per heavy atom. The number of aromatic nitrogens is 1. The van der Waals surface area contributed by atoms with Crippen molar-refractivity contribution in [2.75, 3.05) is 6.54 Å². The SMILES string of the molecule is Cc1nc(C(C)CN)sc1Cc1cccc(F)c1. The maximum absolute atomic E-state index is 13.1. The minimum atomic E-state index is -0.190. The van der Waals surface area contributed by atoms with E-state index in [2.05, 4.69) is 11.9 Å². The Hall–Kier alpha value is -1.26. The van der Waals surface area contributed by atoms with Crippen molar-refractivity contribution in [3.8, 4) is 0 Å². The highest BCUT2D eigenvalue weighted by molar-refractivity contribution is 7.11. The predicted molar refractivity (Wildman–Crippen MR) is 73.5 cm³/mol. The molecule has 96 valence electrons. The summed E-state index contributed by atoms with van der Waals surface area (Å²) in [6, 6.07) is 6.72. The molecule has 0 spiro atoms. The number of rotatable bonds is 4. The minimum Gasteiger partial charge on any atom is -0.330 e. The van der Waals surface area contributed by atoms with Crippen molar-refractivity contribution in [2.24, 2.45) is 5.73 Å². The summed E-state index contributed by atoms with van der Waals surface area (Å²) in [4.78, 5) is 5.74. The molecule has 0 radical (unpaired) electrons. The van der Waals surface area contributed by atoms with E-state index in [1.54, 1.807) is 23.5 Å². The van der Waals surface area contributed by atoms with E-state index in [0.29, 0.717) is 6.54 Å². The van der Waals surface area contributed by atoms with Crippen LogP contribution in [0.25, 0.3) is 0 Å². The molecule has 0 amide bonds. The van der Waals surface area contributed by atoms with Gasteiger partial charge in [-0.05, 0) is 24.6 Å².